The molecule has 1 fully saturated rings. The van der Waals surface area contributed by atoms with Crippen LogP contribution >= 0.6 is 0 Å². The summed E-state index contributed by atoms with van der Waals surface area (Å²) in [6.45, 7) is 0.383. The maximum Gasteiger partial charge on any atom is 0.247 e. The van der Waals surface area contributed by atoms with Crippen LogP contribution in [0.25, 0.3) is 11.5 Å². The zero-order valence-corrected chi connectivity index (χ0v) is 12.9. The lowest BCUT2D eigenvalue weighted by Crippen LogP contribution is -2.32. The van der Waals surface area contributed by atoms with Gasteiger partial charge in [-0.3, -0.25) is 4.90 Å². The fourth-order valence-corrected chi connectivity index (χ4v) is 4.30. The number of benzene rings is 1. The summed E-state index contributed by atoms with van der Waals surface area (Å²) in [5.41, 5.74) is 0.645. The lowest BCUT2D eigenvalue weighted by Gasteiger charge is -2.20. The standard InChI is InChI=1S/C14H16FN3O3S/c1-18(12-6-7-22(19,20)9-12)8-13-16-17-14(21-13)10-2-4-11(15)5-3-10/h2-5,12H,6-9H2,1H3. The Morgan fingerprint density at radius 2 is 2.05 bits per heavy atom. The van der Waals surface area contributed by atoms with Gasteiger partial charge < -0.3 is 4.42 Å². The molecule has 1 atom stereocenters. The van der Waals surface area contributed by atoms with E-state index in [1.165, 1.54) is 12.1 Å². The molecular weight excluding hydrogens is 309 g/mol. The molecule has 6 nitrogen and oxygen atoms in total. The zero-order chi connectivity index (χ0) is 15.7. The second-order valence-electron chi connectivity index (χ2n) is 5.48. The van der Waals surface area contributed by atoms with Gasteiger partial charge in [-0.2, -0.15) is 0 Å². The van der Waals surface area contributed by atoms with Crippen LogP contribution in [-0.4, -0.2) is 48.1 Å². The summed E-state index contributed by atoms with van der Waals surface area (Å²) in [5.74, 6) is 0.800. The maximum absolute atomic E-state index is 12.9. The molecule has 118 valence electrons. The van der Waals surface area contributed by atoms with Crippen molar-refractivity contribution in [3.05, 3.63) is 36.0 Å². The predicted molar refractivity (Wildman–Crippen MR) is 78.2 cm³/mol. The number of rotatable bonds is 4. The first-order valence-electron chi connectivity index (χ1n) is 6.92. The van der Waals surface area contributed by atoms with E-state index >= 15 is 0 Å². The largest absolute Gasteiger partial charge is 0.419 e. The first kappa shape index (κ1) is 15.1. The molecule has 3 rings (SSSR count). The summed E-state index contributed by atoms with van der Waals surface area (Å²) in [4.78, 5) is 1.91. The molecule has 1 aromatic heterocycles. The van der Waals surface area contributed by atoms with Crippen molar-refractivity contribution in [1.82, 2.24) is 15.1 Å². The summed E-state index contributed by atoms with van der Waals surface area (Å²) >= 11 is 0. The maximum atomic E-state index is 12.9. The van der Waals surface area contributed by atoms with Crippen LogP contribution < -0.4 is 0 Å². The Labute approximate surface area is 127 Å². The van der Waals surface area contributed by atoms with Gasteiger partial charge >= 0.3 is 0 Å². The Kier molecular flexibility index (Phi) is 3.96. The van der Waals surface area contributed by atoms with Crippen LogP contribution in [0.5, 0.6) is 0 Å². The molecule has 1 unspecified atom stereocenters. The second kappa shape index (κ2) is 5.77. The molecule has 0 amide bonds. The molecule has 1 saturated heterocycles. The highest BCUT2D eigenvalue weighted by Crippen LogP contribution is 2.21. The molecular formula is C14H16FN3O3S. The molecule has 8 heteroatoms. The smallest absolute Gasteiger partial charge is 0.247 e. The lowest BCUT2D eigenvalue weighted by atomic mass is 10.2. The molecule has 0 saturated carbocycles. The van der Waals surface area contributed by atoms with Crippen molar-refractivity contribution in [2.45, 2.75) is 19.0 Å². The summed E-state index contributed by atoms with van der Waals surface area (Å²) in [5, 5.41) is 7.90. The van der Waals surface area contributed by atoms with Crippen LogP contribution in [0.1, 0.15) is 12.3 Å². The minimum atomic E-state index is -2.92. The highest BCUT2D eigenvalue weighted by molar-refractivity contribution is 7.91. The third kappa shape index (κ3) is 3.33. The first-order valence-corrected chi connectivity index (χ1v) is 8.74. The van der Waals surface area contributed by atoms with Gasteiger partial charge in [-0.15, -0.1) is 10.2 Å². The van der Waals surface area contributed by atoms with E-state index in [9.17, 15) is 12.8 Å². The van der Waals surface area contributed by atoms with Crippen LogP contribution in [0.4, 0.5) is 4.39 Å². The minimum Gasteiger partial charge on any atom is -0.419 e. The van der Waals surface area contributed by atoms with Crippen molar-refractivity contribution < 1.29 is 17.2 Å². The van der Waals surface area contributed by atoms with E-state index in [4.69, 9.17) is 4.42 Å². The number of hydrogen-bond acceptors (Lipinski definition) is 6. The Balaban J connectivity index is 1.68. The average molecular weight is 325 g/mol. The molecule has 1 aliphatic heterocycles. The third-order valence-electron chi connectivity index (χ3n) is 3.77. The summed E-state index contributed by atoms with van der Waals surface area (Å²) in [6, 6.07) is 5.77. The van der Waals surface area contributed by atoms with Crippen molar-refractivity contribution >= 4 is 9.84 Å². The molecule has 0 N–H and O–H groups in total. The average Bonchev–Trinajstić information content (AvgIpc) is 3.06. The van der Waals surface area contributed by atoms with E-state index in [1.54, 1.807) is 12.1 Å². The van der Waals surface area contributed by atoms with E-state index < -0.39 is 9.84 Å². The fraction of sp³-hybridized carbons (Fsp3) is 0.429. The predicted octanol–water partition coefficient (Wildman–Crippen LogP) is 1.49. The van der Waals surface area contributed by atoms with E-state index in [-0.39, 0.29) is 23.4 Å². The van der Waals surface area contributed by atoms with Gasteiger partial charge in [0.15, 0.2) is 9.84 Å². The third-order valence-corrected chi connectivity index (χ3v) is 5.52. The molecule has 1 aliphatic rings. The molecule has 1 aromatic carbocycles. The van der Waals surface area contributed by atoms with E-state index in [0.717, 1.165) is 0 Å². The molecule has 0 radical (unpaired) electrons. The molecule has 2 heterocycles. The van der Waals surface area contributed by atoms with Crippen molar-refractivity contribution in [2.24, 2.45) is 0 Å². The van der Waals surface area contributed by atoms with Crippen molar-refractivity contribution in [3.63, 3.8) is 0 Å². The van der Waals surface area contributed by atoms with Gasteiger partial charge in [0.05, 0.1) is 18.1 Å². The molecule has 0 aliphatic carbocycles. The van der Waals surface area contributed by atoms with E-state index in [0.29, 0.717) is 30.3 Å². The van der Waals surface area contributed by atoms with Gasteiger partial charge in [0, 0.05) is 11.6 Å². The van der Waals surface area contributed by atoms with Crippen LogP contribution in [-0.2, 0) is 16.4 Å². The number of nitrogens with zero attached hydrogens (tertiary/aromatic N) is 3. The Hall–Kier alpha value is -1.80. The van der Waals surface area contributed by atoms with Gasteiger partial charge in [-0.05, 0) is 37.7 Å². The SMILES string of the molecule is CN(Cc1nnc(-c2ccc(F)cc2)o1)C1CCS(=O)(=O)C1. The van der Waals surface area contributed by atoms with Gasteiger partial charge in [-0.1, -0.05) is 0 Å². The van der Waals surface area contributed by atoms with Crippen LogP contribution in [0.2, 0.25) is 0 Å². The van der Waals surface area contributed by atoms with Gasteiger partial charge in [0.25, 0.3) is 0 Å². The van der Waals surface area contributed by atoms with Gasteiger partial charge in [0.2, 0.25) is 11.8 Å². The first-order chi connectivity index (χ1) is 10.4. The van der Waals surface area contributed by atoms with Crippen LogP contribution in [0.3, 0.4) is 0 Å². The lowest BCUT2D eigenvalue weighted by molar-refractivity contribution is 0.230. The van der Waals surface area contributed by atoms with Gasteiger partial charge in [0.1, 0.15) is 5.82 Å². The normalized spacial score (nSPS) is 20.6. The number of hydrogen-bond donors (Lipinski definition) is 0. The van der Waals surface area contributed by atoms with Gasteiger partial charge in [-0.25, -0.2) is 12.8 Å². The summed E-state index contributed by atoms with van der Waals surface area (Å²) < 4.78 is 41.5. The number of aromatic nitrogens is 2. The Bertz CT molecular complexity index is 758. The van der Waals surface area contributed by atoms with E-state index in [1.807, 2.05) is 11.9 Å². The van der Waals surface area contributed by atoms with Crippen LogP contribution in [0.15, 0.2) is 28.7 Å². The number of halogens is 1. The topological polar surface area (TPSA) is 76.3 Å². The quantitative estimate of drug-likeness (QED) is 0.848. The Morgan fingerprint density at radius 3 is 2.68 bits per heavy atom. The van der Waals surface area contributed by atoms with Crippen molar-refractivity contribution in [1.29, 1.82) is 0 Å². The molecule has 0 spiro atoms. The molecule has 0 bridgehead atoms. The highest BCUT2D eigenvalue weighted by atomic mass is 32.2. The van der Waals surface area contributed by atoms with Crippen LogP contribution in [0, 0.1) is 5.82 Å². The molecule has 2 aromatic rings. The monoisotopic (exact) mass is 325 g/mol. The second-order valence-corrected chi connectivity index (χ2v) is 7.71. The fourth-order valence-electron chi connectivity index (χ4n) is 2.49. The van der Waals surface area contributed by atoms with Crippen molar-refractivity contribution in [3.8, 4) is 11.5 Å². The molecule has 22 heavy (non-hydrogen) atoms. The highest BCUT2D eigenvalue weighted by Gasteiger charge is 2.31. The van der Waals surface area contributed by atoms with E-state index in [2.05, 4.69) is 10.2 Å². The summed E-state index contributed by atoms with van der Waals surface area (Å²) in [6.07, 6.45) is 0.623. The number of sulfone groups is 1. The Morgan fingerprint density at radius 1 is 1.32 bits per heavy atom. The minimum absolute atomic E-state index is 0.0221. The summed E-state index contributed by atoms with van der Waals surface area (Å²) in [7, 11) is -1.08. The zero-order valence-electron chi connectivity index (χ0n) is 12.1. The van der Waals surface area contributed by atoms with Crippen molar-refractivity contribution in [2.75, 3.05) is 18.6 Å².